The van der Waals surface area contributed by atoms with Gasteiger partial charge in [0, 0.05) is 30.7 Å². The van der Waals surface area contributed by atoms with E-state index in [1.807, 2.05) is 23.5 Å². The highest BCUT2D eigenvalue weighted by Gasteiger charge is 2.35. The molecule has 0 aliphatic carbocycles. The molecular weight excluding hydrogens is 713 g/mol. The van der Waals surface area contributed by atoms with E-state index in [0.717, 1.165) is 75.7 Å². The summed E-state index contributed by atoms with van der Waals surface area (Å²) in [5.74, 6) is 0. The maximum atomic E-state index is 5.62. The molecule has 4 nitrogen and oxygen atoms in total. The summed E-state index contributed by atoms with van der Waals surface area (Å²) >= 11 is 7.16. The van der Waals surface area contributed by atoms with E-state index in [9.17, 15) is 0 Å². The van der Waals surface area contributed by atoms with Gasteiger partial charge in [-0.05, 0) is 48.5 Å². The zero-order chi connectivity index (χ0) is 34.2. The standard InChI is InChI=1S/C44H26N4S4/c1-3-15-27(16-4-1)43-45-37-39(47-29-19-7-11-23-33(29)49-34-24-12-8-20-30(34)47)42-38(46-44(52-42)28-17-5-2-6-18-28)40(41(37)51-43)48-31-21-9-13-25-35(31)50-36-26-14-10-22-32(36)48/h1-26H. The zero-order valence-corrected chi connectivity index (χ0v) is 30.7. The molecule has 0 radical (unpaired) electrons. The van der Waals surface area contributed by atoms with Crippen LogP contribution in [0.1, 0.15) is 0 Å². The molecule has 0 saturated heterocycles. The minimum Gasteiger partial charge on any atom is -0.305 e. The fourth-order valence-electron chi connectivity index (χ4n) is 7.21. The van der Waals surface area contributed by atoms with Crippen molar-refractivity contribution >= 4 is 101 Å². The number of benzene rings is 7. The van der Waals surface area contributed by atoms with Crippen LogP contribution in [0.25, 0.3) is 41.6 Å². The second-order valence-electron chi connectivity index (χ2n) is 12.6. The number of hydrogen-bond acceptors (Lipinski definition) is 8. The van der Waals surface area contributed by atoms with Crippen LogP contribution in [0, 0.1) is 0 Å². The fourth-order valence-corrected chi connectivity index (χ4v) is 11.5. The number of para-hydroxylation sites is 4. The van der Waals surface area contributed by atoms with Crippen LogP contribution in [0.2, 0.25) is 0 Å². The first kappa shape index (κ1) is 30.3. The third-order valence-electron chi connectivity index (χ3n) is 9.49. The van der Waals surface area contributed by atoms with Crippen LogP contribution in [-0.4, -0.2) is 9.97 Å². The third kappa shape index (κ3) is 4.68. The van der Waals surface area contributed by atoms with Gasteiger partial charge in [-0.1, -0.05) is 133 Å². The SMILES string of the molecule is c1ccc(-c2nc3c(N4c5ccccc5Sc5ccccc54)c4sc(-c5ccccc5)nc4c(N4c5ccccc5Sc5ccccc54)c3s2)cc1. The number of nitrogens with zero attached hydrogens (tertiary/aromatic N) is 4. The highest BCUT2D eigenvalue weighted by molar-refractivity contribution is 8.00. The lowest BCUT2D eigenvalue weighted by molar-refractivity contribution is 1.17. The Morgan fingerprint density at radius 3 is 1.00 bits per heavy atom. The molecule has 0 bridgehead atoms. The van der Waals surface area contributed by atoms with Gasteiger partial charge in [-0.2, -0.15) is 0 Å². The molecule has 2 aliphatic heterocycles. The van der Waals surface area contributed by atoms with Crippen LogP contribution in [0.5, 0.6) is 0 Å². The van der Waals surface area contributed by atoms with Crippen molar-refractivity contribution in [3.8, 4) is 21.1 Å². The summed E-state index contributed by atoms with van der Waals surface area (Å²) in [5.41, 5.74) is 10.9. The minimum atomic E-state index is 0.972. The second kappa shape index (κ2) is 12.1. The average molecular weight is 739 g/mol. The van der Waals surface area contributed by atoms with Crippen molar-refractivity contribution in [2.75, 3.05) is 9.80 Å². The Balaban J connectivity index is 1.32. The Kier molecular flexibility index (Phi) is 7.05. The summed E-state index contributed by atoms with van der Waals surface area (Å²) in [5, 5.41) is 1.97. The molecule has 0 N–H and O–H groups in total. The lowest BCUT2D eigenvalue weighted by Gasteiger charge is -2.35. The van der Waals surface area contributed by atoms with E-state index in [1.165, 1.54) is 19.6 Å². The maximum Gasteiger partial charge on any atom is 0.124 e. The van der Waals surface area contributed by atoms with E-state index in [1.54, 1.807) is 22.7 Å². The average Bonchev–Trinajstić information content (AvgIpc) is 3.85. The fraction of sp³-hybridized carbons (Fsp3) is 0. The summed E-state index contributed by atoms with van der Waals surface area (Å²) in [7, 11) is 0. The first-order valence-corrected chi connectivity index (χ1v) is 20.3. The molecule has 52 heavy (non-hydrogen) atoms. The van der Waals surface area contributed by atoms with E-state index >= 15 is 0 Å². The van der Waals surface area contributed by atoms with Gasteiger partial charge < -0.3 is 9.80 Å². The van der Waals surface area contributed by atoms with Gasteiger partial charge in [0.25, 0.3) is 0 Å². The van der Waals surface area contributed by atoms with Gasteiger partial charge in [0.15, 0.2) is 0 Å². The predicted octanol–water partition coefficient (Wildman–Crippen LogP) is 14.1. The smallest absolute Gasteiger partial charge is 0.124 e. The van der Waals surface area contributed by atoms with Crippen LogP contribution in [0.3, 0.4) is 0 Å². The quantitative estimate of drug-likeness (QED) is 0.179. The molecule has 7 aromatic carbocycles. The first-order valence-electron chi connectivity index (χ1n) is 17.0. The van der Waals surface area contributed by atoms with Crippen molar-refractivity contribution in [2.45, 2.75) is 19.6 Å². The lowest BCUT2D eigenvalue weighted by atomic mass is 10.1. The van der Waals surface area contributed by atoms with Crippen LogP contribution < -0.4 is 9.80 Å². The van der Waals surface area contributed by atoms with Gasteiger partial charge in [0.05, 0.1) is 43.5 Å². The minimum absolute atomic E-state index is 0.972. The van der Waals surface area contributed by atoms with Crippen LogP contribution in [0.15, 0.2) is 177 Å². The highest BCUT2D eigenvalue weighted by atomic mass is 32.2. The number of anilines is 6. The molecule has 246 valence electrons. The maximum absolute atomic E-state index is 5.62. The predicted molar refractivity (Wildman–Crippen MR) is 221 cm³/mol. The van der Waals surface area contributed by atoms with Crippen LogP contribution in [-0.2, 0) is 0 Å². The van der Waals surface area contributed by atoms with E-state index < -0.39 is 0 Å². The normalized spacial score (nSPS) is 13.2. The Morgan fingerprint density at radius 1 is 0.346 bits per heavy atom. The zero-order valence-electron chi connectivity index (χ0n) is 27.4. The van der Waals surface area contributed by atoms with Gasteiger partial charge >= 0.3 is 0 Å². The summed E-state index contributed by atoms with van der Waals surface area (Å²) in [6, 6.07) is 56.1. The molecule has 2 aliphatic rings. The summed E-state index contributed by atoms with van der Waals surface area (Å²) < 4.78 is 2.21. The van der Waals surface area contributed by atoms with Gasteiger partial charge in [0.2, 0.25) is 0 Å². The number of hydrogen-bond donors (Lipinski definition) is 0. The Labute approximate surface area is 317 Å². The number of thiazole rings is 2. The monoisotopic (exact) mass is 738 g/mol. The van der Waals surface area contributed by atoms with Gasteiger partial charge in [0.1, 0.15) is 21.0 Å². The number of aromatic nitrogens is 2. The lowest BCUT2D eigenvalue weighted by Crippen LogP contribution is -2.18. The molecule has 0 atom stereocenters. The Bertz CT molecular complexity index is 2490. The topological polar surface area (TPSA) is 32.3 Å². The van der Waals surface area contributed by atoms with Crippen molar-refractivity contribution in [3.05, 3.63) is 158 Å². The Hall–Kier alpha value is -5.38. The highest BCUT2D eigenvalue weighted by Crippen LogP contribution is 2.60. The molecule has 2 aromatic heterocycles. The van der Waals surface area contributed by atoms with E-state index in [0.29, 0.717) is 0 Å². The van der Waals surface area contributed by atoms with Gasteiger partial charge in [-0.15, -0.1) is 22.7 Å². The molecular formula is C44H26N4S4. The molecule has 0 fully saturated rings. The van der Waals surface area contributed by atoms with E-state index in [2.05, 4.69) is 168 Å². The molecule has 0 unspecified atom stereocenters. The molecule has 4 heterocycles. The largest absolute Gasteiger partial charge is 0.305 e. The van der Waals surface area contributed by atoms with Crippen molar-refractivity contribution in [1.29, 1.82) is 0 Å². The summed E-state index contributed by atoms with van der Waals surface area (Å²) in [4.78, 5) is 21.0. The van der Waals surface area contributed by atoms with Crippen LogP contribution >= 0.6 is 46.2 Å². The Morgan fingerprint density at radius 2 is 0.654 bits per heavy atom. The second-order valence-corrected chi connectivity index (χ2v) is 16.7. The summed E-state index contributed by atoms with van der Waals surface area (Å²) in [6.45, 7) is 0. The van der Waals surface area contributed by atoms with Gasteiger partial charge in [-0.25, -0.2) is 9.97 Å². The van der Waals surface area contributed by atoms with Crippen molar-refractivity contribution in [3.63, 3.8) is 0 Å². The molecule has 0 amide bonds. The molecule has 8 heteroatoms. The first-order chi connectivity index (χ1) is 25.8. The number of rotatable bonds is 4. The molecule has 11 rings (SSSR count). The summed E-state index contributed by atoms with van der Waals surface area (Å²) in [6.07, 6.45) is 0. The van der Waals surface area contributed by atoms with E-state index in [4.69, 9.17) is 9.97 Å². The number of fused-ring (bicyclic) bond motifs is 6. The molecule has 0 spiro atoms. The van der Waals surface area contributed by atoms with E-state index in [-0.39, 0.29) is 0 Å². The molecule has 9 aromatic rings. The third-order valence-corrected chi connectivity index (χ3v) is 14.0. The molecule has 0 saturated carbocycles. The van der Waals surface area contributed by atoms with Crippen molar-refractivity contribution in [1.82, 2.24) is 9.97 Å². The van der Waals surface area contributed by atoms with Crippen molar-refractivity contribution < 1.29 is 0 Å². The van der Waals surface area contributed by atoms with Crippen molar-refractivity contribution in [2.24, 2.45) is 0 Å². The van der Waals surface area contributed by atoms with Gasteiger partial charge in [-0.3, -0.25) is 0 Å². The van der Waals surface area contributed by atoms with Crippen LogP contribution in [0.4, 0.5) is 34.1 Å².